The van der Waals surface area contributed by atoms with Crippen molar-refractivity contribution in [2.24, 2.45) is 0 Å². The van der Waals surface area contributed by atoms with E-state index in [9.17, 15) is 4.79 Å². The lowest BCUT2D eigenvalue weighted by atomic mass is 10.0. The lowest BCUT2D eigenvalue weighted by Crippen LogP contribution is -2.00. The van der Waals surface area contributed by atoms with Crippen LogP contribution < -0.4 is 0 Å². The van der Waals surface area contributed by atoms with Crippen molar-refractivity contribution in [1.82, 2.24) is 0 Å². The summed E-state index contributed by atoms with van der Waals surface area (Å²) in [6, 6.07) is 0. The first kappa shape index (κ1) is 10.2. The summed E-state index contributed by atoms with van der Waals surface area (Å²) in [6.07, 6.45) is 1.38. The number of thiophene rings is 1. The molecule has 1 aromatic rings. The largest absolute Gasteiger partial charge is 0.294 e. The average molecular weight is 194 g/mol. The van der Waals surface area contributed by atoms with Crippen molar-refractivity contribution < 1.29 is 4.79 Å². The number of hydrogen-bond acceptors (Lipinski definition) is 2. The summed E-state index contributed by atoms with van der Waals surface area (Å²) < 4.78 is 0. The van der Waals surface area contributed by atoms with Gasteiger partial charge in [0.1, 0.15) is 0 Å². The summed E-state index contributed by atoms with van der Waals surface area (Å²) in [5.41, 5.74) is 2.95. The van der Waals surface area contributed by atoms with Gasteiger partial charge in [-0.1, -0.05) is 19.1 Å². The Hall–Kier alpha value is -0.890. The van der Waals surface area contributed by atoms with Gasteiger partial charge in [-0.15, -0.1) is 0 Å². The molecule has 0 unspecified atom stereocenters. The Bertz CT molecular complexity index is 323. The molecule has 1 nitrogen and oxygen atoms in total. The average Bonchev–Trinajstić information content (AvgIpc) is 2.51. The molecule has 13 heavy (non-hydrogen) atoms. The minimum absolute atomic E-state index is 0.200. The zero-order chi connectivity index (χ0) is 9.84. The van der Waals surface area contributed by atoms with Gasteiger partial charge in [0.2, 0.25) is 0 Å². The summed E-state index contributed by atoms with van der Waals surface area (Å²) in [6.45, 7) is 7.83. The van der Waals surface area contributed by atoms with E-state index in [1.165, 1.54) is 0 Å². The molecular formula is C11H14OS. The van der Waals surface area contributed by atoms with Gasteiger partial charge in [-0.25, -0.2) is 0 Å². The second kappa shape index (κ2) is 4.38. The van der Waals surface area contributed by atoms with Gasteiger partial charge in [-0.2, -0.15) is 11.3 Å². The monoisotopic (exact) mass is 194 g/mol. The van der Waals surface area contributed by atoms with Crippen LogP contribution in [0.1, 0.15) is 35.7 Å². The molecule has 0 aliphatic heterocycles. The smallest absolute Gasteiger partial charge is 0.167 e. The SMILES string of the molecule is C=C(CC)CC(=O)c1cscc1C. The highest BCUT2D eigenvalue weighted by Gasteiger charge is 2.09. The normalized spacial score (nSPS) is 10.0. The second-order valence-electron chi connectivity index (χ2n) is 3.17. The molecule has 0 fully saturated rings. The fourth-order valence-electron chi connectivity index (χ4n) is 1.09. The van der Waals surface area contributed by atoms with Gasteiger partial charge in [0, 0.05) is 17.4 Å². The van der Waals surface area contributed by atoms with Crippen LogP contribution in [0.2, 0.25) is 0 Å². The van der Waals surface area contributed by atoms with E-state index < -0.39 is 0 Å². The first-order valence-corrected chi connectivity index (χ1v) is 5.32. The predicted molar refractivity (Wildman–Crippen MR) is 57.4 cm³/mol. The molecule has 0 radical (unpaired) electrons. The van der Waals surface area contributed by atoms with E-state index in [4.69, 9.17) is 0 Å². The molecule has 0 aliphatic rings. The zero-order valence-corrected chi connectivity index (χ0v) is 8.91. The first-order valence-electron chi connectivity index (χ1n) is 4.37. The number of aryl methyl sites for hydroxylation is 1. The molecule has 0 atom stereocenters. The van der Waals surface area contributed by atoms with Crippen LogP contribution in [0.3, 0.4) is 0 Å². The fraction of sp³-hybridized carbons (Fsp3) is 0.364. The Kier molecular flexibility index (Phi) is 3.43. The van der Waals surface area contributed by atoms with E-state index in [2.05, 4.69) is 6.58 Å². The third kappa shape index (κ3) is 2.52. The van der Waals surface area contributed by atoms with Gasteiger partial charge in [-0.05, 0) is 24.3 Å². The van der Waals surface area contributed by atoms with Crippen LogP contribution in [-0.2, 0) is 0 Å². The highest BCUT2D eigenvalue weighted by Crippen LogP contribution is 2.17. The van der Waals surface area contributed by atoms with E-state index in [0.717, 1.165) is 23.1 Å². The molecule has 1 heterocycles. The molecule has 2 heteroatoms. The number of rotatable bonds is 4. The Balaban J connectivity index is 2.69. The van der Waals surface area contributed by atoms with Gasteiger partial charge < -0.3 is 0 Å². The second-order valence-corrected chi connectivity index (χ2v) is 3.92. The maximum absolute atomic E-state index is 11.6. The Morgan fingerprint density at radius 1 is 1.54 bits per heavy atom. The molecule has 0 saturated heterocycles. The van der Waals surface area contributed by atoms with Crippen LogP contribution >= 0.6 is 11.3 Å². The molecular weight excluding hydrogens is 180 g/mol. The third-order valence-electron chi connectivity index (χ3n) is 2.07. The van der Waals surface area contributed by atoms with Gasteiger partial charge in [-0.3, -0.25) is 4.79 Å². The van der Waals surface area contributed by atoms with Crippen molar-refractivity contribution in [3.05, 3.63) is 34.0 Å². The quantitative estimate of drug-likeness (QED) is 0.528. The molecule has 0 aromatic carbocycles. The summed E-state index contributed by atoms with van der Waals surface area (Å²) >= 11 is 1.58. The minimum atomic E-state index is 0.200. The third-order valence-corrected chi connectivity index (χ3v) is 2.93. The van der Waals surface area contributed by atoms with Crippen LogP contribution in [0, 0.1) is 6.92 Å². The number of ketones is 1. The lowest BCUT2D eigenvalue weighted by molar-refractivity contribution is 0.0992. The summed E-state index contributed by atoms with van der Waals surface area (Å²) in [4.78, 5) is 11.6. The van der Waals surface area contributed by atoms with E-state index in [1.807, 2.05) is 24.6 Å². The first-order chi connectivity index (χ1) is 6.15. The van der Waals surface area contributed by atoms with Gasteiger partial charge >= 0.3 is 0 Å². The summed E-state index contributed by atoms with van der Waals surface area (Å²) in [5.74, 6) is 0.200. The van der Waals surface area contributed by atoms with Crippen molar-refractivity contribution in [3.8, 4) is 0 Å². The maximum Gasteiger partial charge on any atom is 0.167 e. The van der Waals surface area contributed by atoms with Gasteiger partial charge in [0.05, 0.1) is 0 Å². The molecule has 0 aliphatic carbocycles. The molecule has 0 spiro atoms. The Morgan fingerprint density at radius 3 is 2.69 bits per heavy atom. The number of hydrogen-bond donors (Lipinski definition) is 0. The maximum atomic E-state index is 11.6. The van der Waals surface area contributed by atoms with Crippen LogP contribution in [0.15, 0.2) is 22.9 Å². The van der Waals surface area contributed by atoms with E-state index in [-0.39, 0.29) is 5.78 Å². The van der Waals surface area contributed by atoms with Crippen molar-refractivity contribution in [1.29, 1.82) is 0 Å². The molecule has 0 saturated carbocycles. The molecule has 0 amide bonds. The van der Waals surface area contributed by atoms with Crippen LogP contribution in [0.25, 0.3) is 0 Å². The highest BCUT2D eigenvalue weighted by atomic mass is 32.1. The highest BCUT2D eigenvalue weighted by molar-refractivity contribution is 7.08. The van der Waals surface area contributed by atoms with Crippen LogP contribution in [-0.4, -0.2) is 5.78 Å². The van der Waals surface area contributed by atoms with E-state index in [1.54, 1.807) is 11.3 Å². The molecule has 70 valence electrons. The van der Waals surface area contributed by atoms with Gasteiger partial charge in [0.15, 0.2) is 5.78 Å². The molecule has 1 rings (SSSR count). The number of carbonyl (C=O) groups is 1. The van der Waals surface area contributed by atoms with Crippen molar-refractivity contribution >= 4 is 17.1 Å². The van der Waals surface area contributed by atoms with Crippen molar-refractivity contribution in [3.63, 3.8) is 0 Å². The standard InChI is InChI=1S/C11H14OS/c1-4-8(2)5-11(12)10-7-13-6-9(10)3/h6-7H,2,4-5H2,1,3H3. The summed E-state index contributed by atoms with van der Waals surface area (Å²) in [5, 5.41) is 3.92. The van der Waals surface area contributed by atoms with E-state index >= 15 is 0 Å². The van der Waals surface area contributed by atoms with Crippen molar-refractivity contribution in [2.45, 2.75) is 26.7 Å². The summed E-state index contributed by atoms with van der Waals surface area (Å²) in [7, 11) is 0. The number of Topliss-reactive ketones (excluding diaryl/α,β-unsaturated/α-hetero) is 1. The lowest BCUT2D eigenvalue weighted by Gasteiger charge is -2.00. The van der Waals surface area contributed by atoms with E-state index in [0.29, 0.717) is 6.42 Å². The van der Waals surface area contributed by atoms with Crippen molar-refractivity contribution in [2.75, 3.05) is 0 Å². The topological polar surface area (TPSA) is 17.1 Å². The molecule has 1 aromatic heterocycles. The molecule has 0 bridgehead atoms. The molecule has 0 N–H and O–H groups in total. The Labute approximate surface area is 83.1 Å². The Morgan fingerprint density at radius 2 is 2.23 bits per heavy atom. The fourth-order valence-corrected chi connectivity index (χ4v) is 1.95. The van der Waals surface area contributed by atoms with Crippen LogP contribution in [0.5, 0.6) is 0 Å². The zero-order valence-electron chi connectivity index (χ0n) is 8.09. The number of allylic oxidation sites excluding steroid dienone is 1. The minimum Gasteiger partial charge on any atom is -0.294 e. The van der Waals surface area contributed by atoms with Crippen LogP contribution in [0.4, 0.5) is 0 Å². The number of carbonyl (C=O) groups excluding carboxylic acids is 1. The van der Waals surface area contributed by atoms with Gasteiger partial charge in [0.25, 0.3) is 0 Å². The predicted octanol–water partition coefficient (Wildman–Crippen LogP) is 3.60.